The van der Waals surface area contributed by atoms with Gasteiger partial charge in [-0.25, -0.2) is 4.42 Å². The van der Waals surface area contributed by atoms with Gasteiger partial charge in [-0.1, -0.05) is 0 Å². The number of benzene rings is 2. The highest BCUT2D eigenvalue weighted by Gasteiger charge is 2.45. The molecule has 2 heterocycles. The monoisotopic (exact) mass is 493 g/mol. The lowest BCUT2D eigenvalue weighted by molar-refractivity contribution is -0.277. The highest BCUT2D eigenvalue weighted by molar-refractivity contribution is 5.88. The number of rotatable bonds is 6. The first-order valence-corrected chi connectivity index (χ1v) is 10.4. The van der Waals surface area contributed by atoms with Gasteiger partial charge in [0.2, 0.25) is 17.8 Å². The van der Waals surface area contributed by atoms with Crippen LogP contribution in [0.2, 0.25) is 0 Å². The van der Waals surface area contributed by atoms with E-state index in [0.29, 0.717) is 0 Å². The van der Waals surface area contributed by atoms with E-state index in [1.54, 1.807) is 0 Å². The van der Waals surface area contributed by atoms with Crippen molar-refractivity contribution in [2.45, 2.75) is 30.7 Å². The Morgan fingerprint density at radius 1 is 0.857 bits per heavy atom. The fourth-order valence-corrected chi connectivity index (χ4v) is 3.79. The van der Waals surface area contributed by atoms with Crippen LogP contribution in [0.25, 0.3) is 22.3 Å². The van der Waals surface area contributed by atoms with Crippen LogP contribution in [0.15, 0.2) is 34.7 Å². The van der Waals surface area contributed by atoms with E-state index in [2.05, 4.69) is 0 Å². The van der Waals surface area contributed by atoms with Gasteiger partial charge in [0.05, 0.1) is 32.5 Å². The Morgan fingerprint density at radius 3 is 2.11 bits per heavy atom. The number of aliphatic hydroxyl groups is 4. The summed E-state index contributed by atoms with van der Waals surface area (Å²) < 4.78 is 27.5. The second-order valence-corrected chi connectivity index (χ2v) is 7.86. The van der Waals surface area contributed by atoms with Crippen LogP contribution in [0.5, 0.6) is 34.5 Å². The zero-order chi connectivity index (χ0) is 25.4. The Bertz CT molecular complexity index is 1200. The molecule has 2 aromatic carbocycles. The molecule has 35 heavy (non-hydrogen) atoms. The fraction of sp³-hybridized carbons (Fsp3) is 0.348. The fourth-order valence-electron chi connectivity index (χ4n) is 3.79. The van der Waals surface area contributed by atoms with Gasteiger partial charge in [0.1, 0.15) is 41.3 Å². The summed E-state index contributed by atoms with van der Waals surface area (Å²) in [6.45, 7) is -0.661. The van der Waals surface area contributed by atoms with Gasteiger partial charge in [-0.3, -0.25) is 0 Å². The quantitative estimate of drug-likeness (QED) is 0.238. The summed E-state index contributed by atoms with van der Waals surface area (Å²) in [5, 5.41) is 70.7. The highest BCUT2D eigenvalue weighted by Crippen LogP contribution is 2.45. The molecule has 4 rings (SSSR count). The van der Waals surface area contributed by atoms with Crippen LogP contribution in [0.3, 0.4) is 0 Å². The Balaban J connectivity index is 1.89. The van der Waals surface area contributed by atoms with E-state index in [1.165, 1.54) is 38.5 Å². The first kappa shape index (κ1) is 24.6. The molecule has 3 aromatic rings. The molecule has 1 aliphatic heterocycles. The van der Waals surface area contributed by atoms with E-state index in [0.717, 1.165) is 6.07 Å². The van der Waals surface area contributed by atoms with Gasteiger partial charge in [-0.15, -0.1) is 0 Å². The van der Waals surface area contributed by atoms with Crippen molar-refractivity contribution >= 4 is 11.0 Å². The average molecular weight is 493 g/mol. The van der Waals surface area contributed by atoms with E-state index in [9.17, 15) is 35.7 Å². The van der Waals surface area contributed by atoms with Crippen molar-refractivity contribution in [3.8, 4) is 45.8 Å². The zero-order valence-corrected chi connectivity index (χ0v) is 18.7. The Labute approximate surface area is 198 Å². The maximum absolute atomic E-state index is 10.4. The van der Waals surface area contributed by atoms with Gasteiger partial charge in [0.25, 0.3) is 0 Å². The van der Waals surface area contributed by atoms with Crippen molar-refractivity contribution in [1.29, 1.82) is 0 Å². The lowest BCUT2D eigenvalue weighted by Gasteiger charge is -2.39. The zero-order valence-electron chi connectivity index (χ0n) is 18.7. The summed E-state index contributed by atoms with van der Waals surface area (Å²) in [4.78, 5) is 0. The highest BCUT2D eigenvalue weighted by atomic mass is 16.7. The second kappa shape index (κ2) is 9.60. The Morgan fingerprint density at radius 2 is 1.51 bits per heavy atom. The lowest BCUT2D eigenvalue weighted by atomic mass is 9.99. The molecule has 5 atom stereocenters. The molecule has 12 heteroatoms. The van der Waals surface area contributed by atoms with Gasteiger partial charge in [0.15, 0.2) is 11.5 Å². The van der Waals surface area contributed by atoms with Crippen molar-refractivity contribution in [3.63, 3.8) is 0 Å². The summed E-state index contributed by atoms with van der Waals surface area (Å²) >= 11 is 0. The summed E-state index contributed by atoms with van der Waals surface area (Å²) in [6, 6.07) is 6.50. The van der Waals surface area contributed by atoms with Crippen molar-refractivity contribution in [2.75, 3.05) is 20.8 Å². The molecular formula is C23H25O12+. The first-order valence-electron chi connectivity index (χ1n) is 10.4. The predicted molar refractivity (Wildman–Crippen MR) is 119 cm³/mol. The minimum absolute atomic E-state index is 0.0175. The van der Waals surface area contributed by atoms with Crippen molar-refractivity contribution in [2.24, 2.45) is 0 Å². The van der Waals surface area contributed by atoms with Crippen LogP contribution >= 0.6 is 0 Å². The Kier molecular flexibility index (Phi) is 6.74. The molecule has 0 aliphatic carbocycles. The van der Waals surface area contributed by atoms with E-state index in [4.69, 9.17) is 23.4 Å². The minimum atomic E-state index is -1.71. The van der Waals surface area contributed by atoms with Gasteiger partial charge < -0.3 is 54.7 Å². The molecule has 2 unspecified atom stereocenters. The number of methoxy groups -OCH3 is 2. The molecule has 0 radical (unpaired) electrons. The molecule has 0 saturated carbocycles. The molecule has 7 N–H and O–H groups in total. The normalized spacial score (nSPS) is 24.3. The molecule has 1 saturated heterocycles. The molecule has 12 nitrogen and oxygen atoms in total. The Hall–Kier alpha value is -3.55. The number of hydrogen-bond donors (Lipinski definition) is 7. The van der Waals surface area contributed by atoms with E-state index >= 15 is 0 Å². The van der Waals surface area contributed by atoms with Crippen molar-refractivity contribution < 1.29 is 59.1 Å². The molecule has 0 bridgehead atoms. The van der Waals surface area contributed by atoms with Gasteiger partial charge >= 0.3 is 11.3 Å². The average Bonchev–Trinajstić information content (AvgIpc) is 2.84. The number of hydrogen-bond acceptors (Lipinski definition) is 11. The van der Waals surface area contributed by atoms with Gasteiger partial charge in [0, 0.05) is 24.3 Å². The smallest absolute Gasteiger partial charge is 0.402 e. The standard InChI is InChI=1S/C23H24O12/c1-31-14-3-9(4-15(32-2)18(14)27)22-16(7-11-12(26)5-10(25)6-13(11)33-22)34-23-21(30)20(29)19(28)17(8-24)35-23/h3-7,17,19-21,23-24,28-30H,8H2,1-2H3,(H2-,25,26,27)/p+1/t17-,19?,20-,21-,23?/m1/s1. The number of aromatic hydroxyl groups is 3. The van der Waals surface area contributed by atoms with Crippen LogP contribution in [-0.4, -0.2) is 87.3 Å². The maximum Gasteiger partial charge on any atom is 0.402 e. The topological polar surface area (TPSA) is 190 Å². The van der Waals surface area contributed by atoms with E-state index in [1.807, 2.05) is 0 Å². The summed E-state index contributed by atoms with van der Waals surface area (Å²) in [5.41, 5.74) is 0.325. The van der Waals surface area contributed by atoms with Crippen LogP contribution in [0, 0.1) is 0 Å². The van der Waals surface area contributed by atoms with Gasteiger partial charge in [-0.05, 0) is 0 Å². The minimum Gasteiger partial charge on any atom is -0.507 e. The molecule has 0 amide bonds. The van der Waals surface area contributed by atoms with Crippen LogP contribution in [0.1, 0.15) is 0 Å². The predicted octanol–water partition coefficient (Wildman–Crippen LogP) is 0.694. The molecule has 0 spiro atoms. The molecular weight excluding hydrogens is 468 g/mol. The van der Waals surface area contributed by atoms with Gasteiger partial charge in [-0.2, -0.15) is 0 Å². The second-order valence-electron chi connectivity index (χ2n) is 7.86. The van der Waals surface area contributed by atoms with Crippen LogP contribution in [-0.2, 0) is 4.74 Å². The number of phenolic OH excluding ortho intramolecular Hbond substituents is 3. The molecule has 188 valence electrons. The third-order valence-electron chi connectivity index (χ3n) is 5.65. The summed E-state index contributed by atoms with van der Waals surface area (Å²) in [7, 11) is 2.66. The number of fused-ring (bicyclic) bond motifs is 1. The third-order valence-corrected chi connectivity index (χ3v) is 5.65. The molecule has 1 fully saturated rings. The summed E-state index contributed by atoms with van der Waals surface area (Å²) in [6.07, 6.45) is -7.77. The summed E-state index contributed by atoms with van der Waals surface area (Å²) in [5.74, 6) is -0.928. The van der Waals surface area contributed by atoms with Crippen LogP contribution < -0.4 is 14.2 Å². The number of aliphatic hydroxyl groups excluding tert-OH is 4. The number of phenols is 3. The number of ether oxygens (including phenoxy) is 4. The SMILES string of the molecule is COc1cc(-c2[o+]c3cc(O)cc(O)c3cc2OC2O[C@H](CO)C(O)[C@@H](O)[C@H]2O)cc(OC)c1O. The molecule has 1 aromatic heterocycles. The maximum atomic E-state index is 10.4. The third kappa shape index (κ3) is 4.45. The molecule has 1 aliphatic rings. The largest absolute Gasteiger partial charge is 0.507 e. The van der Waals surface area contributed by atoms with Crippen molar-refractivity contribution in [1.82, 2.24) is 0 Å². The van der Waals surface area contributed by atoms with Crippen molar-refractivity contribution in [3.05, 3.63) is 30.3 Å². The van der Waals surface area contributed by atoms with E-state index < -0.39 is 37.3 Å². The van der Waals surface area contributed by atoms with E-state index in [-0.39, 0.29) is 56.8 Å². The van der Waals surface area contributed by atoms with Crippen LogP contribution in [0.4, 0.5) is 0 Å². The lowest BCUT2D eigenvalue weighted by Crippen LogP contribution is -2.60. The first-order chi connectivity index (χ1) is 16.7.